The molecule has 1 aliphatic heterocycles. The van der Waals surface area contributed by atoms with Crippen molar-refractivity contribution in [1.29, 1.82) is 0 Å². The Morgan fingerprint density at radius 3 is 2.33 bits per heavy atom. The molecule has 0 aliphatic carbocycles. The van der Waals surface area contributed by atoms with Gasteiger partial charge in [-0.2, -0.15) is 13.2 Å². The molecule has 0 bridgehead atoms. The van der Waals surface area contributed by atoms with Crippen molar-refractivity contribution in [3.05, 3.63) is 35.6 Å². The number of carbonyl (C=O) groups excluding carboxylic acids is 1. The van der Waals surface area contributed by atoms with Gasteiger partial charge in [0.25, 0.3) is 0 Å². The molecule has 0 spiro atoms. The highest BCUT2D eigenvalue weighted by atomic mass is 19.4. The van der Waals surface area contributed by atoms with E-state index in [1.165, 1.54) is 24.3 Å². The summed E-state index contributed by atoms with van der Waals surface area (Å²) in [6, 6.07) is 5.50. The Labute approximate surface area is 136 Å². The molecule has 132 valence electrons. The first-order chi connectivity index (χ1) is 11.1. The molecule has 0 aromatic heterocycles. The molecule has 1 amide bonds. The number of alkyl halides is 3. The predicted octanol–water partition coefficient (Wildman–Crippen LogP) is 3.18. The molecule has 0 radical (unpaired) electrons. The Balaban J connectivity index is 2.06. The van der Waals surface area contributed by atoms with Crippen LogP contribution in [-0.2, 0) is 9.59 Å². The van der Waals surface area contributed by atoms with Gasteiger partial charge in [-0.1, -0.05) is 19.1 Å². The summed E-state index contributed by atoms with van der Waals surface area (Å²) in [7, 11) is 0. The van der Waals surface area contributed by atoms with Crippen LogP contribution in [0.2, 0.25) is 0 Å². The third-order valence-electron chi connectivity index (χ3n) is 4.49. The predicted molar refractivity (Wildman–Crippen MR) is 76.8 cm³/mol. The molecule has 24 heavy (non-hydrogen) atoms. The van der Waals surface area contributed by atoms with Crippen LogP contribution >= 0.6 is 0 Å². The first kappa shape index (κ1) is 18.2. The number of carboxylic acid groups (broad SMARTS) is 1. The lowest BCUT2D eigenvalue weighted by molar-refractivity contribution is -0.227. The number of hydrogen-bond donors (Lipinski definition) is 1. The van der Waals surface area contributed by atoms with Crippen LogP contribution in [0.4, 0.5) is 17.6 Å². The molecule has 2 rings (SSSR count). The van der Waals surface area contributed by atoms with Gasteiger partial charge >= 0.3 is 12.1 Å². The molecule has 1 aliphatic rings. The molecular weight excluding hydrogens is 330 g/mol. The Morgan fingerprint density at radius 1 is 1.29 bits per heavy atom. The van der Waals surface area contributed by atoms with E-state index in [0.29, 0.717) is 5.56 Å². The molecule has 0 saturated carbocycles. The topological polar surface area (TPSA) is 57.6 Å². The highest BCUT2D eigenvalue weighted by Crippen LogP contribution is 2.46. The Bertz CT molecular complexity index is 629. The summed E-state index contributed by atoms with van der Waals surface area (Å²) in [5, 5.41) is 8.99. The Morgan fingerprint density at radius 2 is 1.88 bits per heavy atom. The van der Waals surface area contributed by atoms with Crippen molar-refractivity contribution in [3.63, 3.8) is 0 Å². The van der Waals surface area contributed by atoms with Crippen LogP contribution in [-0.4, -0.2) is 41.1 Å². The van der Waals surface area contributed by atoms with Crippen molar-refractivity contribution in [2.45, 2.75) is 31.9 Å². The summed E-state index contributed by atoms with van der Waals surface area (Å²) >= 11 is 0. The minimum absolute atomic E-state index is 0.0702. The fraction of sp³-hybridized carbons (Fsp3) is 0.500. The maximum atomic E-state index is 13.1. The van der Waals surface area contributed by atoms with Gasteiger partial charge in [0.1, 0.15) is 5.82 Å². The van der Waals surface area contributed by atoms with Gasteiger partial charge in [-0.05, 0) is 30.0 Å². The summed E-state index contributed by atoms with van der Waals surface area (Å²) in [4.78, 5) is 24.3. The number of likely N-dealkylation sites (tertiary alicyclic amines) is 1. The number of rotatable bonds is 4. The van der Waals surface area contributed by atoms with Crippen molar-refractivity contribution in [1.82, 2.24) is 4.90 Å². The van der Waals surface area contributed by atoms with Crippen molar-refractivity contribution in [2.75, 3.05) is 13.1 Å². The van der Waals surface area contributed by atoms with Crippen molar-refractivity contribution >= 4 is 11.9 Å². The SMILES string of the molecule is CC(CC(=O)N1CCC(C(=O)O)(C(F)(F)F)C1)c1ccc(F)cc1. The first-order valence-corrected chi connectivity index (χ1v) is 7.40. The summed E-state index contributed by atoms with van der Waals surface area (Å²) in [5.41, 5.74) is -2.22. The molecule has 1 fully saturated rings. The van der Waals surface area contributed by atoms with E-state index < -0.39 is 42.3 Å². The minimum atomic E-state index is -4.92. The van der Waals surface area contributed by atoms with Crippen LogP contribution in [0.15, 0.2) is 24.3 Å². The number of carboxylic acids is 1. The van der Waals surface area contributed by atoms with Crippen LogP contribution in [0, 0.1) is 11.2 Å². The number of halogens is 4. The third-order valence-corrected chi connectivity index (χ3v) is 4.49. The lowest BCUT2D eigenvalue weighted by Gasteiger charge is -2.27. The summed E-state index contributed by atoms with van der Waals surface area (Å²) in [5.74, 6) is -3.24. The van der Waals surface area contributed by atoms with Crippen molar-refractivity contribution in [2.24, 2.45) is 5.41 Å². The molecule has 8 heteroatoms. The highest BCUT2D eigenvalue weighted by Gasteiger charge is 2.64. The van der Waals surface area contributed by atoms with E-state index in [0.717, 1.165) is 4.90 Å². The van der Waals surface area contributed by atoms with Gasteiger partial charge in [-0.3, -0.25) is 9.59 Å². The largest absolute Gasteiger partial charge is 0.481 e. The van der Waals surface area contributed by atoms with Crippen molar-refractivity contribution < 1.29 is 32.3 Å². The molecule has 2 unspecified atom stereocenters. The van der Waals surface area contributed by atoms with Gasteiger partial charge in [0, 0.05) is 19.5 Å². The average molecular weight is 347 g/mol. The van der Waals surface area contributed by atoms with Crippen LogP contribution < -0.4 is 0 Å². The van der Waals surface area contributed by atoms with E-state index in [-0.39, 0.29) is 18.9 Å². The van der Waals surface area contributed by atoms with Gasteiger partial charge in [-0.25, -0.2) is 4.39 Å². The lowest BCUT2D eigenvalue weighted by atomic mass is 9.86. The van der Waals surface area contributed by atoms with Gasteiger partial charge in [0.2, 0.25) is 5.91 Å². The minimum Gasteiger partial charge on any atom is -0.481 e. The number of aliphatic carboxylic acids is 1. The Hall–Kier alpha value is -2.12. The average Bonchev–Trinajstić information content (AvgIpc) is 2.94. The van der Waals surface area contributed by atoms with Crippen molar-refractivity contribution in [3.8, 4) is 0 Å². The molecule has 1 aromatic carbocycles. The fourth-order valence-electron chi connectivity index (χ4n) is 2.85. The highest BCUT2D eigenvalue weighted by molar-refractivity contribution is 5.81. The van der Waals surface area contributed by atoms with E-state index in [1.807, 2.05) is 0 Å². The van der Waals surface area contributed by atoms with E-state index in [4.69, 9.17) is 5.11 Å². The summed E-state index contributed by atoms with van der Waals surface area (Å²) < 4.78 is 52.2. The number of hydrogen-bond acceptors (Lipinski definition) is 2. The normalized spacial score (nSPS) is 22.5. The van der Waals surface area contributed by atoms with Crippen LogP contribution in [0.3, 0.4) is 0 Å². The number of benzene rings is 1. The smallest absolute Gasteiger partial charge is 0.406 e. The first-order valence-electron chi connectivity index (χ1n) is 7.40. The quantitative estimate of drug-likeness (QED) is 0.851. The summed E-state index contributed by atoms with van der Waals surface area (Å²) in [6.07, 6.45) is -5.64. The van der Waals surface area contributed by atoms with Crippen LogP contribution in [0.25, 0.3) is 0 Å². The van der Waals surface area contributed by atoms with E-state index in [9.17, 15) is 27.2 Å². The molecule has 1 heterocycles. The van der Waals surface area contributed by atoms with Crippen LogP contribution in [0.1, 0.15) is 31.2 Å². The monoisotopic (exact) mass is 347 g/mol. The van der Waals surface area contributed by atoms with E-state index >= 15 is 0 Å². The second-order valence-corrected chi connectivity index (χ2v) is 6.11. The Kier molecular flexibility index (Phi) is 4.87. The molecule has 2 atom stereocenters. The maximum absolute atomic E-state index is 13.1. The molecule has 4 nitrogen and oxygen atoms in total. The summed E-state index contributed by atoms with van der Waals surface area (Å²) in [6.45, 7) is 0.580. The van der Waals surface area contributed by atoms with Crippen LogP contribution in [0.5, 0.6) is 0 Å². The maximum Gasteiger partial charge on any atom is 0.406 e. The fourth-order valence-corrected chi connectivity index (χ4v) is 2.85. The zero-order chi connectivity index (χ0) is 18.1. The molecular formula is C16H17F4NO3. The van der Waals surface area contributed by atoms with Gasteiger partial charge < -0.3 is 10.0 Å². The van der Waals surface area contributed by atoms with Gasteiger partial charge in [0.15, 0.2) is 5.41 Å². The van der Waals surface area contributed by atoms with E-state index in [2.05, 4.69) is 0 Å². The number of amides is 1. The molecule has 1 N–H and O–H groups in total. The standard InChI is InChI=1S/C16H17F4NO3/c1-10(11-2-4-12(17)5-3-11)8-13(22)21-7-6-15(9-21,14(23)24)16(18,19)20/h2-5,10H,6-9H2,1H3,(H,23,24). The second-order valence-electron chi connectivity index (χ2n) is 6.11. The third kappa shape index (κ3) is 3.37. The zero-order valence-corrected chi connectivity index (χ0v) is 12.9. The zero-order valence-electron chi connectivity index (χ0n) is 12.9. The molecule has 1 saturated heterocycles. The number of nitrogens with zero attached hydrogens (tertiary/aromatic N) is 1. The number of carbonyl (C=O) groups is 2. The van der Waals surface area contributed by atoms with Gasteiger partial charge in [-0.15, -0.1) is 0 Å². The molecule has 1 aromatic rings. The van der Waals surface area contributed by atoms with Gasteiger partial charge in [0.05, 0.1) is 0 Å². The van der Waals surface area contributed by atoms with E-state index in [1.54, 1.807) is 6.92 Å². The lowest BCUT2D eigenvalue weighted by Crippen LogP contribution is -2.47. The second kappa shape index (κ2) is 6.41.